The maximum atomic E-state index is 12.2. The Kier molecular flexibility index (Phi) is 5.01. The van der Waals surface area contributed by atoms with Crippen LogP contribution in [0.3, 0.4) is 0 Å². The highest BCUT2D eigenvalue weighted by Gasteiger charge is 2.21. The summed E-state index contributed by atoms with van der Waals surface area (Å²) in [4.78, 5) is 14.4. The molecular formula is C16H25N3O. The Morgan fingerprint density at radius 1 is 1.45 bits per heavy atom. The summed E-state index contributed by atoms with van der Waals surface area (Å²) >= 11 is 0. The number of benzene rings is 1. The van der Waals surface area contributed by atoms with Crippen LogP contribution in [0.25, 0.3) is 0 Å². The molecule has 1 aliphatic rings. The number of nitrogen functional groups attached to an aromatic ring is 1. The number of nitrogens with zero attached hydrogens (tertiary/aromatic N) is 1. The van der Waals surface area contributed by atoms with Crippen LogP contribution in [0.2, 0.25) is 0 Å². The Hall–Kier alpha value is -1.55. The molecule has 0 aromatic heterocycles. The Balaban J connectivity index is 1.90. The zero-order valence-electron chi connectivity index (χ0n) is 12.5. The van der Waals surface area contributed by atoms with E-state index in [4.69, 9.17) is 5.73 Å². The van der Waals surface area contributed by atoms with Crippen molar-refractivity contribution in [1.29, 1.82) is 0 Å². The molecule has 0 saturated heterocycles. The molecule has 1 aromatic carbocycles. The number of hydrogen-bond donors (Lipinski definition) is 2. The lowest BCUT2D eigenvalue weighted by atomic mass is 9.85. The van der Waals surface area contributed by atoms with Gasteiger partial charge < -0.3 is 11.1 Å². The Labute approximate surface area is 121 Å². The fourth-order valence-electron chi connectivity index (χ4n) is 2.59. The summed E-state index contributed by atoms with van der Waals surface area (Å²) in [6.07, 6.45) is 3.96. The van der Waals surface area contributed by atoms with E-state index in [2.05, 4.69) is 17.1 Å². The Morgan fingerprint density at radius 3 is 2.75 bits per heavy atom. The van der Waals surface area contributed by atoms with Crippen molar-refractivity contribution in [3.63, 3.8) is 0 Å². The number of para-hydroxylation sites is 1. The van der Waals surface area contributed by atoms with E-state index in [1.54, 1.807) is 0 Å². The molecule has 4 heteroatoms. The highest BCUT2D eigenvalue weighted by Crippen LogP contribution is 2.27. The number of anilines is 2. The zero-order chi connectivity index (χ0) is 14.5. The molecule has 0 atom stereocenters. The second-order valence-electron chi connectivity index (χ2n) is 5.71. The first-order valence-electron chi connectivity index (χ1n) is 7.47. The smallest absolute Gasteiger partial charge is 0.238 e. The van der Waals surface area contributed by atoms with Crippen LogP contribution in [0.4, 0.5) is 11.4 Å². The molecule has 110 valence electrons. The van der Waals surface area contributed by atoms with Gasteiger partial charge in [-0.2, -0.15) is 0 Å². The largest absolute Gasteiger partial charge is 0.397 e. The standard InChI is InChI=1S/C16H25N3O/c1-3-19(10-13-7-5-8-13)11-15(20)18-16-12(2)6-4-9-14(16)17/h4,6,9,13H,3,5,7-8,10-11,17H2,1-2H3,(H,18,20). The summed E-state index contributed by atoms with van der Waals surface area (Å²) in [7, 11) is 0. The van der Waals surface area contributed by atoms with Gasteiger partial charge >= 0.3 is 0 Å². The average molecular weight is 275 g/mol. The van der Waals surface area contributed by atoms with Crippen LogP contribution in [0, 0.1) is 12.8 Å². The van der Waals surface area contributed by atoms with Crippen LogP contribution in [-0.4, -0.2) is 30.4 Å². The monoisotopic (exact) mass is 275 g/mol. The van der Waals surface area contributed by atoms with Gasteiger partial charge in [-0.1, -0.05) is 25.5 Å². The minimum atomic E-state index is 0.0205. The second-order valence-corrected chi connectivity index (χ2v) is 5.71. The number of carbonyl (C=O) groups excluding carboxylic acids is 1. The van der Waals surface area contributed by atoms with Gasteiger partial charge in [-0.3, -0.25) is 9.69 Å². The number of amides is 1. The molecule has 0 radical (unpaired) electrons. The van der Waals surface area contributed by atoms with E-state index in [0.29, 0.717) is 12.2 Å². The van der Waals surface area contributed by atoms with Crippen molar-refractivity contribution in [3.8, 4) is 0 Å². The Morgan fingerprint density at radius 2 is 2.20 bits per heavy atom. The van der Waals surface area contributed by atoms with Crippen LogP contribution in [-0.2, 0) is 4.79 Å². The molecule has 0 unspecified atom stereocenters. The maximum absolute atomic E-state index is 12.2. The van der Waals surface area contributed by atoms with Crippen LogP contribution >= 0.6 is 0 Å². The van der Waals surface area contributed by atoms with Gasteiger partial charge in [0.25, 0.3) is 0 Å². The van der Waals surface area contributed by atoms with Gasteiger partial charge in [-0.15, -0.1) is 0 Å². The summed E-state index contributed by atoms with van der Waals surface area (Å²) in [6, 6.07) is 5.67. The number of carbonyl (C=O) groups is 1. The van der Waals surface area contributed by atoms with Gasteiger partial charge in [0.15, 0.2) is 0 Å². The number of rotatable bonds is 6. The number of likely N-dealkylation sites (N-methyl/N-ethyl adjacent to an activating group) is 1. The van der Waals surface area contributed by atoms with E-state index >= 15 is 0 Å². The molecule has 3 N–H and O–H groups in total. The fraction of sp³-hybridized carbons (Fsp3) is 0.562. The SMILES string of the molecule is CCN(CC(=O)Nc1c(C)cccc1N)CC1CCC1. The predicted molar refractivity (Wildman–Crippen MR) is 83.7 cm³/mol. The van der Waals surface area contributed by atoms with Gasteiger partial charge in [-0.05, 0) is 43.9 Å². The number of aryl methyl sites for hydroxylation is 1. The fourth-order valence-corrected chi connectivity index (χ4v) is 2.59. The van der Waals surface area contributed by atoms with E-state index in [-0.39, 0.29) is 5.91 Å². The summed E-state index contributed by atoms with van der Waals surface area (Å²) in [5, 5.41) is 2.95. The van der Waals surface area contributed by atoms with Crippen molar-refractivity contribution in [2.24, 2.45) is 5.92 Å². The molecule has 1 aromatic rings. The van der Waals surface area contributed by atoms with Crippen molar-refractivity contribution >= 4 is 17.3 Å². The summed E-state index contributed by atoms with van der Waals surface area (Å²) < 4.78 is 0. The average Bonchev–Trinajstić information content (AvgIpc) is 2.37. The first-order valence-corrected chi connectivity index (χ1v) is 7.47. The molecule has 1 aliphatic carbocycles. The van der Waals surface area contributed by atoms with Crippen molar-refractivity contribution in [2.45, 2.75) is 33.1 Å². The zero-order valence-corrected chi connectivity index (χ0v) is 12.5. The molecule has 1 amide bonds. The Bertz CT molecular complexity index is 449. The molecule has 2 rings (SSSR count). The third kappa shape index (κ3) is 3.73. The van der Waals surface area contributed by atoms with Crippen LogP contribution in [0.5, 0.6) is 0 Å². The lowest BCUT2D eigenvalue weighted by Gasteiger charge is -2.31. The first-order chi connectivity index (χ1) is 9.60. The number of hydrogen-bond acceptors (Lipinski definition) is 3. The molecule has 0 bridgehead atoms. The summed E-state index contributed by atoms with van der Waals surface area (Å²) in [5.41, 5.74) is 8.29. The van der Waals surface area contributed by atoms with E-state index < -0.39 is 0 Å². The van der Waals surface area contributed by atoms with Gasteiger partial charge in [-0.25, -0.2) is 0 Å². The van der Waals surface area contributed by atoms with Crippen LogP contribution in [0.15, 0.2) is 18.2 Å². The third-order valence-corrected chi connectivity index (χ3v) is 4.13. The first kappa shape index (κ1) is 14.9. The van der Waals surface area contributed by atoms with Gasteiger partial charge in [0, 0.05) is 6.54 Å². The number of nitrogens with one attached hydrogen (secondary N) is 1. The normalized spacial score (nSPS) is 15.2. The molecule has 1 saturated carbocycles. The van der Waals surface area contributed by atoms with E-state index in [0.717, 1.165) is 30.3 Å². The lowest BCUT2D eigenvalue weighted by molar-refractivity contribution is -0.117. The van der Waals surface area contributed by atoms with Gasteiger partial charge in [0.1, 0.15) is 0 Å². The van der Waals surface area contributed by atoms with E-state index in [1.807, 2.05) is 25.1 Å². The van der Waals surface area contributed by atoms with Crippen molar-refractivity contribution in [2.75, 3.05) is 30.7 Å². The molecule has 0 aliphatic heterocycles. The van der Waals surface area contributed by atoms with Gasteiger partial charge in [0.05, 0.1) is 17.9 Å². The summed E-state index contributed by atoms with van der Waals surface area (Å²) in [5.74, 6) is 0.804. The minimum Gasteiger partial charge on any atom is -0.397 e. The van der Waals surface area contributed by atoms with E-state index in [1.165, 1.54) is 19.3 Å². The lowest BCUT2D eigenvalue weighted by Crippen LogP contribution is -2.38. The molecule has 4 nitrogen and oxygen atoms in total. The highest BCUT2D eigenvalue weighted by molar-refractivity contribution is 5.96. The molecule has 1 fully saturated rings. The van der Waals surface area contributed by atoms with Gasteiger partial charge in [0.2, 0.25) is 5.91 Å². The molecule has 0 heterocycles. The van der Waals surface area contributed by atoms with Crippen LogP contribution < -0.4 is 11.1 Å². The minimum absolute atomic E-state index is 0.0205. The maximum Gasteiger partial charge on any atom is 0.238 e. The van der Waals surface area contributed by atoms with Crippen LogP contribution in [0.1, 0.15) is 31.7 Å². The van der Waals surface area contributed by atoms with E-state index in [9.17, 15) is 4.79 Å². The molecule has 0 spiro atoms. The predicted octanol–water partition coefficient (Wildman–Crippen LogP) is 2.64. The second kappa shape index (κ2) is 6.75. The number of nitrogens with two attached hydrogens (primary N) is 1. The molecule has 20 heavy (non-hydrogen) atoms. The summed E-state index contributed by atoms with van der Waals surface area (Å²) in [6.45, 7) is 6.45. The van der Waals surface area contributed by atoms with Crippen molar-refractivity contribution in [1.82, 2.24) is 4.90 Å². The van der Waals surface area contributed by atoms with Crippen molar-refractivity contribution < 1.29 is 4.79 Å². The highest BCUT2D eigenvalue weighted by atomic mass is 16.2. The quantitative estimate of drug-likeness (QED) is 0.785. The topological polar surface area (TPSA) is 58.4 Å². The van der Waals surface area contributed by atoms with Crippen molar-refractivity contribution in [3.05, 3.63) is 23.8 Å². The molecular weight excluding hydrogens is 250 g/mol. The third-order valence-electron chi connectivity index (χ3n) is 4.13.